The summed E-state index contributed by atoms with van der Waals surface area (Å²) in [7, 11) is 1.38. The van der Waals surface area contributed by atoms with Gasteiger partial charge >= 0.3 is 13.2 Å². The molecule has 6 aromatic carbocycles. The molecule has 0 aliphatic rings. The van der Waals surface area contributed by atoms with Crippen LogP contribution in [0, 0.1) is 23.3 Å². The zero-order chi connectivity index (χ0) is 44.5. The van der Waals surface area contributed by atoms with Gasteiger partial charge in [0.25, 0.3) is 11.8 Å². The van der Waals surface area contributed by atoms with E-state index in [1.54, 1.807) is 55.5 Å². The van der Waals surface area contributed by atoms with Crippen molar-refractivity contribution in [2.75, 3.05) is 13.0 Å². The summed E-state index contributed by atoms with van der Waals surface area (Å²) in [5.74, 6) is -5.24. The van der Waals surface area contributed by atoms with Crippen molar-refractivity contribution in [2.45, 2.75) is 32.4 Å². The highest BCUT2D eigenvalue weighted by Crippen LogP contribution is 2.27. The van der Waals surface area contributed by atoms with E-state index in [4.69, 9.17) is 16.3 Å². The van der Waals surface area contributed by atoms with Crippen molar-refractivity contribution in [1.82, 2.24) is 10.6 Å². The van der Waals surface area contributed by atoms with Crippen LogP contribution in [0.4, 0.5) is 35.1 Å². The van der Waals surface area contributed by atoms with Crippen LogP contribution in [0.5, 0.6) is 11.5 Å². The van der Waals surface area contributed by atoms with Crippen LogP contribution in [0.15, 0.2) is 140 Å². The second-order valence-corrected chi connectivity index (χ2v) is 12.8. The van der Waals surface area contributed by atoms with Gasteiger partial charge in [-0.25, -0.2) is 17.6 Å². The van der Waals surface area contributed by atoms with Crippen LogP contribution in [0.25, 0.3) is 22.3 Å². The van der Waals surface area contributed by atoms with E-state index in [0.717, 1.165) is 46.5 Å². The van der Waals surface area contributed by atoms with E-state index in [2.05, 4.69) is 20.1 Å². The molecule has 0 spiro atoms. The Morgan fingerprint density at radius 2 is 0.885 bits per heavy atom. The first kappa shape index (κ1) is 47.2. The fourth-order valence-electron chi connectivity index (χ4n) is 5.38. The fraction of sp³-hybridized carbons (Fsp3) is 0.156. The molecule has 2 N–H and O–H groups in total. The second-order valence-electron chi connectivity index (χ2n) is 12.5. The van der Waals surface area contributed by atoms with Crippen LogP contribution in [-0.4, -0.2) is 44.3 Å². The molecule has 6 rings (SSSR count). The highest BCUT2D eigenvalue weighted by molar-refractivity contribution is 6.18. The minimum absolute atomic E-state index is 0.0131. The van der Waals surface area contributed by atoms with Crippen LogP contribution in [0.3, 0.4) is 0 Å². The summed E-state index contributed by atoms with van der Waals surface area (Å²) in [4.78, 5) is 23.7. The molecule has 0 aliphatic heterocycles. The number of hydrogen-bond acceptors (Lipinski definition) is 5. The third-order valence-electron chi connectivity index (χ3n) is 8.44. The largest absolute Gasteiger partial charge is 0.435 e. The zero-order valence-electron chi connectivity index (χ0n) is 32.2. The maximum atomic E-state index is 13.8. The third-order valence-corrected chi connectivity index (χ3v) is 8.75. The number of alkyl halides is 5. The molecule has 2 amide bonds. The monoisotopic (exact) mass is 872 g/mol. The maximum absolute atomic E-state index is 13.8. The van der Waals surface area contributed by atoms with E-state index in [0.29, 0.717) is 5.56 Å². The molecule has 2 unspecified atom stereocenters. The van der Waals surface area contributed by atoms with Crippen molar-refractivity contribution in [1.29, 1.82) is 0 Å². The molecule has 16 heteroatoms. The lowest BCUT2D eigenvalue weighted by molar-refractivity contribution is -0.0505. The number of halogens is 9. The second kappa shape index (κ2) is 23.4. The molecule has 0 saturated heterocycles. The predicted octanol–water partition coefficient (Wildman–Crippen LogP) is 11.6. The number of methoxy groups -OCH3 is 1. The highest BCUT2D eigenvalue weighted by Gasteiger charge is 2.21. The number of benzene rings is 6. The molecule has 0 radical (unpaired) electrons. The number of rotatable bonds is 13. The number of carbonyl (C=O) groups excluding carboxylic acids is 2. The molecular formula is C45H37ClF8N2O5. The van der Waals surface area contributed by atoms with Gasteiger partial charge in [-0.15, -0.1) is 11.6 Å². The summed E-state index contributed by atoms with van der Waals surface area (Å²) in [6.07, 6.45) is -0.600. The van der Waals surface area contributed by atoms with Gasteiger partial charge in [-0.3, -0.25) is 9.59 Å². The van der Waals surface area contributed by atoms with Crippen molar-refractivity contribution >= 4 is 23.4 Å². The summed E-state index contributed by atoms with van der Waals surface area (Å²) in [5, 5.41) is 4.81. The van der Waals surface area contributed by atoms with Gasteiger partial charge in [0.1, 0.15) is 52.1 Å². The van der Waals surface area contributed by atoms with E-state index < -0.39 is 71.7 Å². The molecule has 0 bridgehead atoms. The van der Waals surface area contributed by atoms with Crippen LogP contribution in [-0.2, 0) is 4.74 Å². The Hall–Kier alpha value is -6.45. The Labute approximate surface area is 350 Å². The molecular weight excluding hydrogens is 836 g/mol. The Bertz CT molecular complexity index is 2260. The molecule has 0 saturated carbocycles. The van der Waals surface area contributed by atoms with Gasteiger partial charge in [0.05, 0.1) is 6.04 Å². The summed E-state index contributed by atoms with van der Waals surface area (Å²) < 4.78 is 116. The van der Waals surface area contributed by atoms with Crippen LogP contribution < -0.4 is 20.1 Å². The van der Waals surface area contributed by atoms with Gasteiger partial charge in [-0.2, -0.15) is 17.6 Å². The van der Waals surface area contributed by atoms with Crippen LogP contribution in [0.2, 0.25) is 0 Å². The van der Waals surface area contributed by atoms with E-state index >= 15 is 0 Å². The minimum Gasteiger partial charge on any atom is -0.435 e. The predicted molar refractivity (Wildman–Crippen MR) is 215 cm³/mol. The molecule has 7 nitrogen and oxygen atoms in total. The number of ether oxygens (including phenoxy) is 3. The van der Waals surface area contributed by atoms with Gasteiger partial charge in [0.15, 0.2) is 0 Å². The SMILES string of the molecule is COC(C)NC(=O)c1c(F)cccc1F.FC(F)Oc1ccc(-c2ccccc2)cc1.O=C(NC(CCl)c1ccc(-c2ccc(OC(F)F)cc2)cc1)c1c(F)cccc1F. The quantitative estimate of drug-likeness (QED) is 0.0686. The van der Waals surface area contributed by atoms with Crippen LogP contribution >= 0.6 is 11.6 Å². The van der Waals surface area contributed by atoms with Crippen LogP contribution in [0.1, 0.15) is 39.2 Å². The topological polar surface area (TPSA) is 85.9 Å². The van der Waals surface area contributed by atoms with Gasteiger partial charge in [-0.05, 0) is 83.3 Å². The molecule has 0 aliphatic carbocycles. The normalized spacial score (nSPS) is 11.6. The molecule has 320 valence electrons. The highest BCUT2D eigenvalue weighted by atomic mass is 35.5. The smallest absolute Gasteiger partial charge is 0.387 e. The summed E-state index contributed by atoms with van der Waals surface area (Å²) in [6.45, 7) is -4.12. The molecule has 6 aromatic rings. The van der Waals surface area contributed by atoms with Gasteiger partial charge in [-0.1, -0.05) is 91.0 Å². The van der Waals surface area contributed by atoms with E-state index in [9.17, 15) is 44.7 Å². The molecule has 0 aromatic heterocycles. The Balaban J connectivity index is 0.000000222. The average Bonchev–Trinajstić information content (AvgIpc) is 3.23. The van der Waals surface area contributed by atoms with Gasteiger partial charge in [0, 0.05) is 13.0 Å². The van der Waals surface area contributed by atoms with Crippen molar-refractivity contribution in [3.05, 3.63) is 179 Å². The minimum atomic E-state index is -2.89. The first-order valence-electron chi connectivity index (χ1n) is 18.0. The Kier molecular flexibility index (Phi) is 18.1. The standard InChI is InChI=1S/C22H16ClF4NO2.C13H10F2O.C10H11F2NO2/c23-12-19(28-21(29)20-17(24)2-1-3-18(20)25)15-6-4-13(5-7-15)14-8-10-16(11-9-14)30-22(26)27;14-13(15)16-12-8-6-11(7-9-12)10-4-2-1-3-5-10;1-6(15-2)13-10(14)9-7(11)4-3-5-8(9)12/h1-11,19,22H,12H2,(H,28,29);1-9,13H;3-6H,1-2H3,(H,13,14). The first-order valence-corrected chi connectivity index (χ1v) is 18.6. The lowest BCUT2D eigenvalue weighted by atomic mass is 10.0. The van der Waals surface area contributed by atoms with E-state index in [-0.39, 0.29) is 17.4 Å². The molecule has 0 fully saturated rings. The maximum Gasteiger partial charge on any atom is 0.387 e. The fourth-order valence-corrected chi connectivity index (χ4v) is 5.64. The summed E-state index contributed by atoms with van der Waals surface area (Å²) >= 11 is 5.95. The van der Waals surface area contributed by atoms with Crippen molar-refractivity contribution in [2.24, 2.45) is 0 Å². The van der Waals surface area contributed by atoms with E-state index in [1.165, 1.54) is 43.5 Å². The van der Waals surface area contributed by atoms with Gasteiger partial charge < -0.3 is 24.8 Å². The van der Waals surface area contributed by atoms with Gasteiger partial charge in [0.2, 0.25) is 0 Å². The third kappa shape index (κ3) is 14.4. The van der Waals surface area contributed by atoms with Crippen molar-refractivity contribution in [3.63, 3.8) is 0 Å². The first-order chi connectivity index (χ1) is 29.2. The van der Waals surface area contributed by atoms with E-state index in [1.807, 2.05) is 30.3 Å². The Morgan fingerprint density at radius 3 is 1.25 bits per heavy atom. The molecule has 61 heavy (non-hydrogen) atoms. The average molecular weight is 873 g/mol. The number of hydrogen-bond donors (Lipinski definition) is 2. The molecule has 2 atom stereocenters. The number of carbonyl (C=O) groups is 2. The number of amides is 2. The lowest BCUT2D eigenvalue weighted by Gasteiger charge is -2.17. The summed E-state index contributed by atoms with van der Waals surface area (Å²) in [6, 6.07) is 35.1. The Morgan fingerprint density at radius 1 is 0.525 bits per heavy atom. The van der Waals surface area contributed by atoms with Crippen molar-refractivity contribution in [3.8, 4) is 33.8 Å². The summed E-state index contributed by atoms with van der Waals surface area (Å²) in [5.41, 5.74) is 2.95. The van der Waals surface area contributed by atoms with Crippen molar-refractivity contribution < 1.29 is 58.9 Å². The molecule has 0 heterocycles. The number of nitrogens with one attached hydrogen (secondary N) is 2. The zero-order valence-corrected chi connectivity index (χ0v) is 33.0. The lowest BCUT2D eigenvalue weighted by Crippen LogP contribution is -2.34.